The summed E-state index contributed by atoms with van der Waals surface area (Å²) in [5.74, 6) is 0.688. The van der Waals surface area contributed by atoms with E-state index in [0.29, 0.717) is 24.7 Å². The van der Waals surface area contributed by atoms with Crippen LogP contribution in [0.4, 0.5) is 0 Å². The Morgan fingerprint density at radius 1 is 1.29 bits per heavy atom. The first-order valence-corrected chi connectivity index (χ1v) is 5.52. The highest BCUT2D eigenvalue weighted by atomic mass is 16.2. The maximum atomic E-state index is 12.2. The molecule has 0 aliphatic carbocycles. The third kappa shape index (κ3) is 1.74. The fraction of sp³-hybridized carbons (Fsp3) is 0.400. The SMILES string of the molecule is O=C(c1nnc2ncccn12)N1CCNCC1. The lowest BCUT2D eigenvalue weighted by Gasteiger charge is -2.26. The monoisotopic (exact) mass is 232 g/mol. The summed E-state index contributed by atoms with van der Waals surface area (Å²) in [5.41, 5.74) is 0. The Kier molecular flexibility index (Phi) is 2.45. The van der Waals surface area contributed by atoms with Crippen molar-refractivity contribution < 1.29 is 4.79 Å². The molecule has 3 heterocycles. The number of nitrogens with one attached hydrogen (secondary N) is 1. The van der Waals surface area contributed by atoms with Gasteiger partial charge in [-0.15, -0.1) is 10.2 Å². The van der Waals surface area contributed by atoms with Gasteiger partial charge in [0.25, 0.3) is 11.7 Å². The highest BCUT2D eigenvalue weighted by Gasteiger charge is 2.22. The topological polar surface area (TPSA) is 75.4 Å². The summed E-state index contributed by atoms with van der Waals surface area (Å²) in [7, 11) is 0. The van der Waals surface area contributed by atoms with Gasteiger partial charge in [0, 0.05) is 38.6 Å². The van der Waals surface area contributed by atoms with E-state index in [-0.39, 0.29) is 5.91 Å². The van der Waals surface area contributed by atoms with Crippen molar-refractivity contribution >= 4 is 11.7 Å². The van der Waals surface area contributed by atoms with Crippen molar-refractivity contribution in [3.05, 3.63) is 24.3 Å². The van der Waals surface area contributed by atoms with Crippen LogP contribution in [0.2, 0.25) is 0 Å². The summed E-state index contributed by atoms with van der Waals surface area (Å²) in [6, 6.07) is 1.75. The lowest BCUT2D eigenvalue weighted by atomic mass is 10.3. The van der Waals surface area contributed by atoms with Crippen molar-refractivity contribution in [3.8, 4) is 0 Å². The van der Waals surface area contributed by atoms with E-state index in [2.05, 4.69) is 20.5 Å². The van der Waals surface area contributed by atoms with Crippen LogP contribution >= 0.6 is 0 Å². The molecular formula is C10H12N6O. The van der Waals surface area contributed by atoms with Crippen molar-refractivity contribution in [1.82, 2.24) is 29.8 Å². The molecule has 1 fully saturated rings. The van der Waals surface area contributed by atoms with E-state index in [1.54, 1.807) is 27.8 Å². The predicted molar refractivity (Wildman–Crippen MR) is 59.6 cm³/mol. The molecule has 2 aromatic rings. The van der Waals surface area contributed by atoms with Crippen molar-refractivity contribution in [2.45, 2.75) is 0 Å². The van der Waals surface area contributed by atoms with Crippen LogP contribution in [0.25, 0.3) is 5.78 Å². The molecule has 7 heteroatoms. The highest BCUT2D eigenvalue weighted by molar-refractivity contribution is 5.91. The number of piperazine rings is 1. The molecule has 88 valence electrons. The first kappa shape index (κ1) is 10.2. The predicted octanol–water partition coefficient (Wildman–Crippen LogP) is -0.830. The molecule has 1 amide bonds. The van der Waals surface area contributed by atoms with Crippen LogP contribution in [0.1, 0.15) is 10.6 Å². The molecule has 3 rings (SSSR count). The minimum atomic E-state index is -0.0907. The smallest absolute Gasteiger partial charge is 0.292 e. The Balaban J connectivity index is 1.95. The van der Waals surface area contributed by atoms with Crippen LogP contribution in [0.3, 0.4) is 0 Å². The van der Waals surface area contributed by atoms with Crippen molar-refractivity contribution in [1.29, 1.82) is 0 Å². The fourth-order valence-corrected chi connectivity index (χ4v) is 1.90. The Labute approximate surface area is 97.5 Å². The van der Waals surface area contributed by atoms with Gasteiger partial charge in [-0.05, 0) is 6.07 Å². The minimum absolute atomic E-state index is 0.0907. The van der Waals surface area contributed by atoms with Gasteiger partial charge in [0.05, 0.1) is 0 Å². The molecule has 1 aliphatic rings. The lowest BCUT2D eigenvalue weighted by Crippen LogP contribution is -2.46. The zero-order valence-corrected chi connectivity index (χ0v) is 9.20. The number of carbonyl (C=O) groups is 1. The Morgan fingerprint density at radius 3 is 2.94 bits per heavy atom. The minimum Gasteiger partial charge on any atom is -0.333 e. The number of fused-ring (bicyclic) bond motifs is 1. The normalized spacial score (nSPS) is 16.4. The summed E-state index contributed by atoms with van der Waals surface area (Å²) < 4.78 is 1.62. The van der Waals surface area contributed by atoms with Crippen molar-refractivity contribution in [2.75, 3.05) is 26.2 Å². The van der Waals surface area contributed by atoms with Crippen LogP contribution in [0, 0.1) is 0 Å². The van der Waals surface area contributed by atoms with E-state index in [0.717, 1.165) is 13.1 Å². The molecule has 1 N–H and O–H groups in total. The van der Waals surface area contributed by atoms with Crippen LogP contribution < -0.4 is 5.32 Å². The molecule has 0 spiro atoms. The second kappa shape index (κ2) is 4.10. The second-order valence-electron chi connectivity index (χ2n) is 3.86. The zero-order chi connectivity index (χ0) is 11.7. The standard InChI is InChI=1S/C10H12N6O/c17-9(15-6-3-11-4-7-15)8-13-14-10-12-2-1-5-16(8)10/h1-2,5,11H,3-4,6-7H2. The van der Waals surface area contributed by atoms with E-state index in [4.69, 9.17) is 0 Å². The van der Waals surface area contributed by atoms with Crippen molar-refractivity contribution in [2.24, 2.45) is 0 Å². The van der Waals surface area contributed by atoms with Gasteiger partial charge in [-0.25, -0.2) is 4.98 Å². The molecular weight excluding hydrogens is 220 g/mol. The van der Waals surface area contributed by atoms with E-state index >= 15 is 0 Å². The highest BCUT2D eigenvalue weighted by Crippen LogP contribution is 2.05. The Hall–Kier alpha value is -2.02. The maximum Gasteiger partial charge on any atom is 0.292 e. The van der Waals surface area contributed by atoms with E-state index in [1.807, 2.05) is 0 Å². The van der Waals surface area contributed by atoms with Gasteiger partial charge in [0.2, 0.25) is 5.82 Å². The van der Waals surface area contributed by atoms with Crippen LogP contribution in [0.5, 0.6) is 0 Å². The molecule has 2 aromatic heterocycles. The van der Waals surface area contributed by atoms with Gasteiger partial charge in [-0.1, -0.05) is 0 Å². The third-order valence-electron chi connectivity index (χ3n) is 2.78. The maximum absolute atomic E-state index is 12.2. The first-order chi connectivity index (χ1) is 8.36. The van der Waals surface area contributed by atoms with E-state index in [9.17, 15) is 4.79 Å². The largest absolute Gasteiger partial charge is 0.333 e. The van der Waals surface area contributed by atoms with Crippen LogP contribution in [0.15, 0.2) is 18.5 Å². The van der Waals surface area contributed by atoms with E-state index < -0.39 is 0 Å². The average molecular weight is 232 g/mol. The molecule has 7 nitrogen and oxygen atoms in total. The molecule has 0 bridgehead atoms. The average Bonchev–Trinajstić information content (AvgIpc) is 2.83. The van der Waals surface area contributed by atoms with Gasteiger partial charge >= 0.3 is 0 Å². The summed E-state index contributed by atoms with van der Waals surface area (Å²) in [5, 5.41) is 11.0. The van der Waals surface area contributed by atoms with Crippen LogP contribution in [-0.4, -0.2) is 56.6 Å². The summed E-state index contributed by atoms with van der Waals surface area (Å²) in [6.07, 6.45) is 3.38. The molecule has 17 heavy (non-hydrogen) atoms. The molecule has 0 atom stereocenters. The number of hydrogen-bond donors (Lipinski definition) is 1. The van der Waals surface area contributed by atoms with Gasteiger partial charge in [0.1, 0.15) is 0 Å². The molecule has 0 saturated carbocycles. The molecule has 0 radical (unpaired) electrons. The van der Waals surface area contributed by atoms with Gasteiger partial charge in [-0.2, -0.15) is 0 Å². The molecule has 0 unspecified atom stereocenters. The summed E-state index contributed by atoms with van der Waals surface area (Å²) in [6.45, 7) is 3.05. The number of rotatable bonds is 1. The van der Waals surface area contributed by atoms with Crippen LogP contribution in [-0.2, 0) is 0 Å². The fourth-order valence-electron chi connectivity index (χ4n) is 1.90. The second-order valence-corrected chi connectivity index (χ2v) is 3.86. The number of hydrogen-bond acceptors (Lipinski definition) is 5. The van der Waals surface area contributed by atoms with Crippen molar-refractivity contribution in [3.63, 3.8) is 0 Å². The quantitative estimate of drug-likeness (QED) is 0.694. The third-order valence-corrected chi connectivity index (χ3v) is 2.78. The Morgan fingerprint density at radius 2 is 2.12 bits per heavy atom. The van der Waals surface area contributed by atoms with Gasteiger partial charge in [-0.3, -0.25) is 9.20 Å². The molecule has 0 aromatic carbocycles. The first-order valence-electron chi connectivity index (χ1n) is 5.52. The number of aromatic nitrogens is 4. The van der Waals surface area contributed by atoms with E-state index in [1.165, 1.54) is 0 Å². The van der Waals surface area contributed by atoms with Gasteiger partial charge in [0.15, 0.2) is 0 Å². The number of nitrogens with zero attached hydrogens (tertiary/aromatic N) is 5. The summed E-state index contributed by atoms with van der Waals surface area (Å²) >= 11 is 0. The molecule has 1 saturated heterocycles. The number of amides is 1. The number of carbonyl (C=O) groups excluding carboxylic acids is 1. The zero-order valence-electron chi connectivity index (χ0n) is 9.20. The van der Waals surface area contributed by atoms with Gasteiger partial charge < -0.3 is 10.2 Å². The Bertz CT molecular complexity index is 544. The lowest BCUT2D eigenvalue weighted by molar-refractivity contribution is 0.0722. The summed E-state index contributed by atoms with van der Waals surface area (Å²) in [4.78, 5) is 18.0. The molecule has 1 aliphatic heterocycles.